The van der Waals surface area contributed by atoms with Crippen LogP contribution in [0.3, 0.4) is 0 Å². The Morgan fingerprint density at radius 2 is 2.22 bits per heavy atom. The van der Waals surface area contributed by atoms with Gasteiger partial charge in [0.2, 0.25) is 11.8 Å². The minimum atomic E-state index is -0.421. The first kappa shape index (κ1) is 17.5. The molecule has 2 N–H and O–H groups in total. The molecule has 2 amide bonds. The fourth-order valence-electron chi connectivity index (χ4n) is 3.54. The summed E-state index contributed by atoms with van der Waals surface area (Å²) in [5, 5.41) is 5.56. The van der Waals surface area contributed by atoms with Gasteiger partial charge in [-0.3, -0.25) is 14.6 Å². The lowest BCUT2D eigenvalue weighted by Gasteiger charge is -2.14. The summed E-state index contributed by atoms with van der Waals surface area (Å²) < 4.78 is 5.95. The average Bonchev–Trinajstić information content (AvgIpc) is 3.27. The zero-order valence-electron chi connectivity index (χ0n) is 15.4. The largest absolute Gasteiger partial charge is 0.488 e. The molecule has 2 atom stereocenters. The number of carbonyl (C=O) groups excluding carboxylic acids is 2. The van der Waals surface area contributed by atoms with Crippen LogP contribution in [0.1, 0.15) is 29.8 Å². The molecular formula is C20H22N4O3. The van der Waals surface area contributed by atoms with Crippen molar-refractivity contribution in [3.63, 3.8) is 0 Å². The number of aromatic nitrogens is 2. The highest BCUT2D eigenvalue weighted by Gasteiger charge is 2.29. The highest BCUT2D eigenvalue weighted by atomic mass is 16.5. The van der Waals surface area contributed by atoms with Gasteiger partial charge in [0.1, 0.15) is 17.9 Å². The van der Waals surface area contributed by atoms with Crippen LogP contribution in [0.25, 0.3) is 11.3 Å². The molecule has 2 aliphatic rings. The molecule has 1 aromatic heterocycles. The van der Waals surface area contributed by atoms with Crippen molar-refractivity contribution in [1.29, 1.82) is 0 Å². The van der Waals surface area contributed by atoms with E-state index in [2.05, 4.69) is 26.7 Å². The first-order valence-corrected chi connectivity index (χ1v) is 9.17. The van der Waals surface area contributed by atoms with Crippen molar-refractivity contribution in [2.75, 3.05) is 6.54 Å². The van der Waals surface area contributed by atoms with E-state index in [0.717, 1.165) is 40.4 Å². The number of ether oxygens (including phenoxy) is 1. The number of hydrogen-bond donors (Lipinski definition) is 2. The summed E-state index contributed by atoms with van der Waals surface area (Å²) in [6, 6.07) is 5.61. The number of hydrogen-bond acceptors (Lipinski definition) is 5. The Bertz CT molecular complexity index is 912. The first-order chi connectivity index (χ1) is 13.0. The van der Waals surface area contributed by atoms with Crippen molar-refractivity contribution in [1.82, 2.24) is 20.6 Å². The van der Waals surface area contributed by atoms with E-state index in [9.17, 15) is 9.59 Å². The average molecular weight is 366 g/mol. The van der Waals surface area contributed by atoms with Gasteiger partial charge in [0.05, 0.1) is 23.6 Å². The van der Waals surface area contributed by atoms with Crippen molar-refractivity contribution in [2.24, 2.45) is 0 Å². The van der Waals surface area contributed by atoms with E-state index in [-0.39, 0.29) is 17.9 Å². The molecule has 27 heavy (non-hydrogen) atoms. The number of nitrogens with one attached hydrogen (secondary N) is 2. The molecular weight excluding hydrogens is 344 g/mol. The lowest BCUT2D eigenvalue weighted by atomic mass is 10.0. The van der Waals surface area contributed by atoms with Gasteiger partial charge in [0, 0.05) is 24.6 Å². The molecule has 1 unspecified atom stereocenters. The van der Waals surface area contributed by atoms with Crippen molar-refractivity contribution < 1.29 is 14.3 Å². The summed E-state index contributed by atoms with van der Waals surface area (Å²) in [5.74, 6) is 0.624. The maximum Gasteiger partial charge on any atom is 0.242 e. The molecule has 7 heteroatoms. The monoisotopic (exact) mass is 366 g/mol. The highest BCUT2D eigenvalue weighted by molar-refractivity contribution is 5.90. The van der Waals surface area contributed by atoms with E-state index in [1.165, 1.54) is 0 Å². The van der Waals surface area contributed by atoms with E-state index in [1.807, 2.05) is 26.0 Å². The number of nitrogens with zero attached hydrogens (tertiary/aromatic N) is 2. The Hall–Kier alpha value is -2.96. The van der Waals surface area contributed by atoms with Gasteiger partial charge in [-0.25, -0.2) is 4.98 Å². The number of aryl methyl sites for hydroxylation is 2. The van der Waals surface area contributed by atoms with Crippen molar-refractivity contribution >= 4 is 11.8 Å². The molecule has 0 saturated carbocycles. The first-order valence-electron chi connectivity index (χ1n) is 9.17. The molecule has 2 aromatic rings. The Morgan fingerprint density at radius 3 is 3.00 bits per heavy atom. The van der Waals surface area contributed by atoms with Gasteiger partial charge < -0.3 is 15.4 Å². The van der Waals surface area contributed by atoms with Crippen molar-refractivity contribution in [2.45, 2.75) is 45.3 Å². The molecule has 0 bridgehead atoms. The molecule has 2 aliphatic heterocycles. The summed E-state index contributed by atoms with van der Waals surface area (Å²) in [5.41, 5.74) is 4.77. The molecule has 7 nitrogen and oxygen atoms in total. The lowest BCUT2D eigenvalue weighted by Crippen LogP contribution is -2.44. The number of benzene rings is 1. The van der Waals surface area contributed by atoms with E-state index in [4.69, 9.17) is 4.74 Å². The molecule has 1 aromatic carbocycles. The molecule has 0 spiro atoms. The Kier molecular flexibility index (Phi) is 4.51. The molecule has 4 rings (SSSR count). The third kappa shape index (κ3) is 3.63. The maximum atomic E-state index is 12.1. The number of carbonyl (C=O) groups is 2. The normalized spacial score (nSPS) is 20.7. The molecule has 1 fully saturated rings. The summed E-state index contributed by atoms with van der Waals surface area (Å²) in [7, 11) is 0. The molecule has 0 aliphatic carbocycles. The molecule has 3 heterocycles. The standard InChI is InChI=1S/C20H22N4O3/c1-11-9-21-12(2)19(23-11)13-3-5-17-14(7-13)8-15(27-17)10-22-20(26)16-4-6-18(25)24-16/h3,5,7,9,15-16H,4,6,8,10H2,1-2H3,(H,22,26)(H,24,25)/t15?,16-/m0/s1. The topological polar surface area (TPSA) is 93.2 Å². The van der Waals surface area contributed by atoms with E-state index in [0.29, 0.717) is 19.4 Å². The highest BCUT2D eigenvalue weighted by Crippen LogP contribution is 2.33. The van der Waals surface area contributed by atoms with Gasteiger partial charge >= 0.3 is 0 Å². The van der Waals surface area contributed by atoms with Crippen LogP contribution in [0.5, 0.6) is 5.75 Å². The third-order valence-corrected chi connectivity index (χ3v) is 4.97. The van der Waals surface area contributed by atoms with Crippen molar-refractivity contribution in [3.8, 4) is 17.0 Å². The number of amides is 2. The molecule has 140 valence electrons. The van der Waals surface area contributed by atoms with Crippen LogP contribution in [0, 0.1) is 13.8 Å². The van der Waals surface area contributed by atoms with Crippen LogP contribution in [0.15, 0.2) is 24.4 Å². The fraction of sp³-hybridized carbons (Fsp3) is 0.400. The minimum Gasteiger partial charge on any atom is -0.488 e. The smallest absolute Gasteiger partial charge is 0.242 e. The van der Waals surface area contributed by atoms with Gasteiger partial charge in [0.25, 0.3) is 0 Å². The molecule has 1 saturated heterocycles. The molecule has 0 radical (unpaired) electrons. The predicted octanol–water partition coefficient (Wildman–Crippen LogP) is 1.46. The fourth-order valence-corrected chi connectivity index (χ4v) is 3.54. The van der Waals surface area contributed by atoms with Gasteiger partial charge in [-0.15, -0.1) is 0 Å². The van der Waals surface area contributed by atoms with Crippen LogP contribution >= 0.6 is 0 Å². The third-order valence-electron chi connectivity index (χ3n) is 4.97. The quantitative estimate of drug-likeness (QED) is 0.854. The summed E-state index contributed by atoms with van der Waals surface area (Å²) in [6.45, 7) is 4.29. The number of fused-ring (bicyclic) bond motifs is 1. The second-order valence-electron chi connectivity index (χ2n) is 7.12. The zero-order chi connectivity index (χ0) is 19.0. The maximum absolute atomic E-state index is 12.1. The van der Waals surface area contributed by atoms with E-state index >= 15 is 0 Å². The van der Waals surface area contributed by atoms with Gasteiger partial charge in [-0.05, 0) is 44.0 Å². The SMILES string of the molecule is Cc1cnc(C)c(-c2ccc3c(c2)CC(CNC(=O)[C@@H]2CCC(=O)N2)O3)n1. The van der Waals surface area contributed by atoms with E-state index in [1.54, 1.807) is 6.20 Å². The van der Waals surface area contributed by atoms with Crippen LogP contribution in [0.2, 0.25) is 0 Å². The van der Waals surface area contributed by atoms with Crippen LogP contribution in [-0.4, -0.2) is 40.5 Å². The Balaban J connectivity index is 1.41. The van der Waals surface area contributed by atoms with Crippen LogP contribution in [0.4, 0.5) is 0 Å². The zero-order valence-corrected chi connectivity index (χ0v) is 15.4. The predicted molar refractivity (Wildman–Crippen MR) is 99.2 cm³/mol. The second-order valence-corrected chi connectivity index (χ2v) is 7.12. The van der Waals surface area contributed by atoms with Gasteiger partial charge in [-0.2, -0.15) is 0 Å². The van der Waals surface area contributed by atoms with Crippen molar-refractivity contribution in [3.05, 3.63) is 41.3 Å². The van der Waals surface area contributed by atoms with Crippen LogP contribution in [-0.2, 0) is 16.0 Å². The summed E-state index contributed by atoms with van der Waals surface area (Å²) >= 11 is 0. The Morgan fingerprint density at radius 1 is 1.37 bits per heavy atom. The summed E-state index contributed by atoms with van der Waals surface area (Å²) in [6.07, 6.45) is 3.34. The summed E-state index contributed by atoms with van der Waals surface area (Å²) in [4.78, 5) is 32.4. The van der Waals surface area contributed by atoms with Gasteiger partial charge in [0.15, 0.2) is 0 Å². The van der Waals surface area contributed by atoms with Crippen LogP contribution < -0.4 is 15.4 Å². The van der Waals surface area contributed by atoms with Gasteiger partial charge in [-0.1, -0.05) is 0 Å². The Labute approximate surface area is 157 Å². The second kappa shape index (κ2) is 6.98. The van der Waals surface area contributed by atoms with E-state index < -0.39 is 6.04 Å². The number of rotatable bonds is 4. The lowest BCUT2D eigenvalue weighted by molar-refractivity contribution is -0.126. The minimum absolute atomic E-state index is 0.0678.